The molecule has 6 heteroatoms. The lowest BCUT2D eigenvalue weighted by Gasteiger charge is -2.12. The maximum atomic E-state index is 9.53. The Labute approximate surface area is 141 Å². The zero-order chi connectivity index (χ0) is 16.2. The first kappa shape index (κ1) is 16.4. The Hall–Kier alpha value is -1.50. The number of pyridine rings is 1. The molecule has 0 aliphatic carbocycles. The number of ether oxygens (including phenoxy) is 1. The monoisotopic (exact) mass is 329 g/mol. The molecule has 0 amide bonds. The number of nitrogens with zero attached hydrogens (tertiary/aromatic N) is 1. The largest absolute Gasteiger partial charge is 0.493 e. The summed E-state index contributed by atoms with van der Waals surface area (Å²) in [5.74, 6) is 1.05. The summed E-state index contributed by atoms with van der Waals surface area (Å²) in [6.07, 6.45) is 2.65. The molecule has 0 unspecified atom stereocenters. The van der Waals surface area contributed by atoms with Crippen LogP contribution in [0.5, 0.6) is 5.75 Å². The highest BCUT2D eigenvalue weighted by Crippen LogP contribution is 2.33. The van der Waals surface area contributed by atoms with Crippen LogP contribution in [0.3, 0.4) is 0 Å². The van der Waals surface area contributed by atoms with Crippen LogP contribution in [0.4, 0.5) is 0 Å². The normalized spacial score (nSPS) is 17.5. The second-order valence-electron chi connectivity index (χ2n) is 5.47. The van der Waals surface area contributed by atoms with Crippen LogP contribution >= 0.6 is 11.8 Å². The Balaban J connectivity index is 1.91. The van der Waals surface area contributed by atoms with Crippen molar-refractivity contribution >= 4 is 18.9 Å². The van der Waals surface area contributed by atoms with Gasteiger partial charge in [0.25, 0.3) is 0 Å². The summed E-state index contributed by atoms with van der Waals surface area (Å²) in [5, 5.41) is 9.53. The summed E-state index contributed by atoms with van der Waals surface area (Å²) in [4.78, 5) is 5.89. The van der Waals surface area contributed by atoms with Gasteiger partial charge in [0, 0.05) is 28.7 Å². The van der Waals surface area contributed by atoms with Crippen molar-refractivity contribution in [3.8, 4) is 17.0 Å². The lowest BCUT2D eigenvalue weighted by atomic mass is 9.81. The maximum absolute atomic E-state index is 9.53. The van der Waals surface area contributed by atoms with Crippen LogP contribution in [0.15, 0.2) is 41.3 Å². The minimum absolute atomic E-state index is 0.154. The molecule has 0 radical (unpaired) electrons. The Morgan fingerprint density at radius 2 is 2.26 bits per heavy atom. The van der Waals surface area contributed by atoms with Gasteiger partial charge in [-0.3, -0.25) is 4.98 Å². The third kappa shape index (κ3) is 3.71. The predicted octanol–water partition coefficient (Wildman–Crippen LogP) is 3.46. The highest BCUT2D eigenvalue weighted by molar-refractivity contribution is 7.98. The fraction of sp³-hybridized carbons (Fsp3) is 0.353. The zero-order valence-electron chi connectivity index (χ0n) is 13.4. The Morgan fingerprint density at radius 3 is 2.96 bits per heavy atom. The predicted molar refractivity (Wildman–Crippen MR) is 94.1 cm³/mol. The molecule has 1 N–H and O–H groups in total. The van der Waals surface area contributed by atoms with Gasteiger partial charge in [-0.1, -0.05) is 12.1 Å². The van der Waals surface area contributed by atoms with Crippen molar-refractivity contribution in [2.45, 2.75) is 24.1 Å². The number of rotatable bonds is 5. The minimum Gasteiger partial charge on any atom is -0.493 e. The van der Waals surface area contributed by atoms with Gasteiger partial charge in [0.1, 0.15) is 5.75 Å². The SMILES string of the molecule is CCOc1cc(-c2cccc([C@@H]3COB(O)C3)n2)ccc1SC. The van der Waals surface area contributed by atoms with Crippen LogP contribution in [-0.4, -0.2) is 36.6 Å². The van der Waals surface area contributed by atoms with E-state index < -0.39 is 7.12 Å². The highest BCUT2D eigenvalue weighted by atomic mass is 32.2. The zero-order valence-corrected chi connectivity index (χ0v) is 14.2. The highest BCUT2D eigenvalue weighted by Gasteiger charge is 2.30. The molecule has 1 aromatic carbocycles. The molecule has 1 aliphatic rings. The smallest absolute Gasteiger partial charge is 0.454 e. The third-order valence-electron chi connectivity index (χ3n) is 3.92. The number of benzene rings is 1. The van der Waals surface area contributed by atoms with Crippen LogP contribution < -0.4 is 4.74 Å². The second-order valence-corrected chi connectivity index (χ2v) is 6.32. The number of aromatic nitrogens is 1. The van der Waals surface area contributed by atoms with Gasteiger partial charge in [0.05, 0.1) is 12.3 Å². The van der Waals surface area contributed by atoms with Gasteiger partial charge in [-0.2, -0.15) is 0 Å². The van der Waals surface area contributed by atoms with E-state index in [1.165, 1.54) is 0 Å². The van der Waals surface area contributed by atoms with Crippen molar-refractivity contribution in [3.05, 3.63) is 42.1 Å². The maximum Gasteiger partial charge on any atom is 0.454 e. The molecule has 0 bridgehead atoms. The molecule has 0 spiro atoms. The van der Waals surface area contributed by atoms with Crippen LogP contribution in [0.2, 0.25) is 6.32 Å². The van der Waals surface area contributed by atoms with Gasteiger partial charge in [-0.25, -0.2) is 0 Å². The first-order chi connectivity index (χ1) is 11.2. The first-order valence-electron chi connectivity index (χ1n) is 7.79. The molecule has 23 heavy (non-hydrogen) atoms. The van der Waals surface area contributed by atoms with Crippen LogP contribution in [0, 0.1) is 0 Å². The van der Waals surface area contributed by atoms with Gasteiger partial charge in [-0.15, -0.1) is 11.8 Å². The molecule has 0 saturated carbocycles. The third-order valence-corrected chi connectivity index (χ3v) is 4.70. The Morgan fingerprint density at radius 1 is 1.39 bits per heavy atom. The Kier molecular flexibility index (Phi) is 5.25. The van der Waals surface area contributed by atoms with E-state index in [1.807, 2.05) is 37.4 Å². The van der Waals surface area contributed by atoms with E-state index >= 15 is 0 Å². The van der Waals surface area contributed by atoms with Crippen molar-refractivity contribution in [3.63, 3.8) is 0 Å². The van der Waals surface area contributed by atoms with E-state index in [4.69, 9.17) is 14.4 Å². The first-order valence-corrected chi connectivity index (χ1v) is 9.01. The summed E-state index contributed by atoms with van der Waals surface area (Å²) in [6, 6.07) is 12.2. The number of thioether (sulfide) groups is 1. The molecule has 1 atom stereocenters. The van der Waals surface area contributed by atoms with Gasteiger partial charge >= 0.3 is 7.12 Å². The lowest BCUT2D eigenvalue weighted by Crippen LogP contribution is -2.08. The summed E-state index contributed by atoms with van der Waals surface area (Å²) >= 11 is 1.67. The fourth-order valence-corrected chi connectivity index (χ4v) is 3.28. The molecule has 2 aromatic rings. The fourth-order valence-electron chi connectivity index (χ4n) is 2.76. The number of hydrogen-bond donors (Lipinski definition) is 1. The number of hydrogen-bond acceptors (Lipinski definition) is 5. The van der Waals surface area contributed by atoms with Gasteiger partial charge < -0.3 is 14.4 Å². The molecule has 4 nitrogen and oxygen atoms in total. The molecule has 1 saturated heterocycles. The van der Waals surface area contributed by atoms with E-state index in [0.29, 0.717) is 19.5 Å². The minimum atomic E-state index is -0.670. The molecular formula is C17H20BNO3S. The average molecular weight is 329 g/mol. The molecule has 3 rings (SSSR count). The van der Waals surface area contributed by atoms with Gasteiger partial charge in [-0.05, 0) is 43.8 Å². The van der Waals surface area contributed by atoms with Crippen molar-refractivity contribution in [1.82, 2.24) is 4.98 Å². The molecular weight excluding hydrogens is 309 g/mol. The average Bonchev–Trinajstić information content (AvgIpc) is 3.02. The van der Waals surface area contributed by atoms with E-state index in [1.54, 1.807) is 11.8 Å². The molecule has 2 heterocycles. The molecule has 1 aromatic heterocycles. The lowest BCUT2D eigenvalue weighted by molar-refractivity contribution is 0.291. The van der Waals surface area contributed by atoms with Crippen LogP contribution in [0.25, 0.3) is 11.3 Å². The quantitative estimate of drug-likeness (QED) is 0.672. The van der Waals surface area contributed by atoms with E-state index in [2.05, 4.69) is 12.1 Å². The standard InChI is InChI=1S/C17H20BNO3S/c1-3-21-16-9-12(7-8-17(16)23-2)14-5-4-6-15(19-14)13-10-18(20)22-11-13/h4-9,13,20H,3,10-11H2,1-2H3/t13-/m0/s1. The Bertz CT molecular complexity index is 683. The topological polar surface area (TPSA) is 51.6 Å². The van der Waals surface area contributed by atoms with Crippen LogP contribution in [0.1, 0.15) is 18.5 Å². The summed E-state index contributed by atoms with van der Waals surface area (Å²) < 4.78 is 11.0. The summed E-state index contributed by atoms with van der Waals surface area (Å²) in [7, 11) is -0.670. The van der Waals surface area contributed by atoms with Crippen molar-refractivity contribution in [1.29, 1.82) is 0 Å². The van der Waals surface area contributed by atoms with E-state index in [-0.39, 0.29) is 5.92 Å². The van der Waals surface area contributed by atoms with E-state index in [9.17, 15) is 5.02 Å². The van der Waals surface area contributed by atoms with Crippen LogP contribution in [-0.2, 0) is 4.65 Å². The molecule has 1 fully saturated rings. The van der Waals surface area contributed by atoms with Gasteiger partial charge in [0.15, 0.2) is 0 Å². The van der Waals surface area contributed by atoms with Crippen molar-refractivity contribution < 1.29 is 14.4 Å². The van der Waals surface area contributed by atoms with Crippen molar-refractivity contribution in [2.75, 3.05) is 19.5 Å². The second kappa shape index (κ2) is 7.38. The van der Waals surface area contributed by atoms with Crippen molar-refractivity contribution in [2.24, 2.45) is 0 Å². The summed E-state index contributed by atoms with van der Waals surface area (Å²) in [6.45, 7) is 3.15. The summed E-state index contributed by atoms with van der Waals surface area (Å²) in [5.41, 5.74) is 2.91. The molecule has 1 aliphatic heterocycles. The van der Waals surface area contributed by atoms with E-state index in [0.717, 1.165) is 27.6 Å². The van der Waals surface area contributed by atoms with Gasteiger partial charge in [0.2, 0.25) is 0 Å². The molecule has 120 valence electrons.